The molecule has 10 nitrogen and oxygen atoms in total. The maximum atomic E-state index is 16.0. The van der Waals surface area contributed by atoms with Gasteiger partial charge in [-0.05, 0) is 83.1 Å². The number of phenols is 1. The number of carbonyl (C=O) groups is 5. The maximum absolute atomic E-state index is 16.0. The molecule has 1 aromatic rings. The highest BCUT2D eigenvalue weighted by Crippen LogP contribution is 2.54. The van der Waals surface area contributed by atoms with E-state index in [2.05, 4.69) is 4.90 Å². The Bertz CT molecular complexity index is 1360. The number of nitrogens with two attached hydrogens (primary N) is 1. The molecule has 1 heterocycles. The van der Waals surface area contributed by atoms with Crippen molar-refractivity contribution in [1.29, 1.82) is 0 Å². The topological polar surface area (TPSA) is 158 Å². The SMILES string of the molecule is CN(C)[C@@H]1C(=O)C(C(N)=O)C(=O)[C@@]2(O)C(=O)C3C(=O)c4c(O)cc(CN5CCC6(CC5)CC6)c(F)c4C[C@H]3C[C@@H]12. The number of ketones is 4. The fourth-order valence-electron chi connectivity index (χ4n) is 7.93. The summed E-state index contributed by atoms with van der Waals surface area (Å²) in [7, 11) is 3.04. The number of likely N-dealkylation sites (tertiary alicyclic amines) is 1. The number of Topliss-reactive ketones (excluding diaryl/α,β-unsaturated/α-hetero) is 4. The van der Waals surface area contributed by atoms with Crippen LogP contribution in [0.15, 0.2) is 6.07 Å². The second-order valence-electron chi connectivity index (χ2n) is 12.8. The molecular weight excluding hydrogens is 521 g/mol. The Kier molecular flexibility index (Phi) is 6.11. The standard InChI is InChI=1S/C29H34FN3O7/c1-32(2)22-16-10-13-9-15-19(17(34)11-14(21(15)30)12-33-7-5-28(3-4-28)6-8-33)23(35)18(13)25(37)29(16,40)26(38)20(24(22)36)27(31)39/h11,13,16,18,20,22,34,40H,3-10,12H2,1-2H3,(H2,31,39)/t13-,16-,18?,20?,22-,29-/m0/s1. The predicted octanol–water partition coefficient (Wildman–Crippen LogP) is 0.382. The number of aromatic hydroxyl groups is 1. The molecule has 6 rings (SSSR count). The van der Waals surface area contributed by atoms with Crippen LogP contribution in [0.2, 0.25) is 0 Å². The summed E-state index contributed by atoms with van der Waals surface area (Å²) in [6.07, 6.45) is 4.40. The Morgan fingerprint density at radius 2 is 1.77 bits per heavy atom. The lowest BCUT2D eigenvalue weighted by molar-refractivity contribution is -0.181. The van der Waals surface area contributed by atoms with E-state index in [1.165, 1.54) is 37.9 Å². The van der Waals surface area contributed by atoms with E-state index in [1.54, 1.807) is 0 Å². The molecule has 2 unspecified atom stereocenters. The third kappa shape index (κ3) is 3.74. The highest BCUT2D eigenvalue weighted by Gasteiger charge is 2.69. The largest absolute Gasteiger partial charge is 0.507 e. The number of carbonyl (C=O) groups excluding carboxylic acids is 5. The molecule has 5 aliphatic rings. The third-order valence-electron chi connectivity index (χ3n) is 10.3. The van der Waals surface area contributed by atoms with Gasteiger partial charge in [-0.15, -0.1) is 0 Å². The van der Waals surface area contributed by atoms with Crippen LogP contribution in [-0.2, 0) is 32.1 Å². The molecule has 6 atom stereocenters. The normalized spacial score (nSPS) is 35.0. The molecule has 0 radical (unpaired) electrons. The van der Waals surface area contributed by atoms with Crippen molar-refractivity contribution >= 4 is 29.0 Å². The summed E-state index contributed by atoms with van der Waals surface area (Å²) in [6, 6.07) is 0.0361. The molecule has 1 aromatic carbocycles. The van der Waals surface area contributed by atoms with Crippen LogP contribution >= 0.6 is 0 Å². The molecule has 11 heteroatoms. The van der Waals surface area contributed by atoms with Crippen LogP contribution in [0.5, 0.6) is 5.75 Å². The fourth-order valence-corrected chi connectivity index (χ4v) is 7.93. The van der Waals surface area contributed by atoms with E-state index < -0.39 is 75.9 Å². The zero-order chi connectivity index (χ0) is 28.9. The first kappa shape index (κ1) is 27.2. The average Bonchev–Trinajstić information content (AvgIpc) is 3.64. The van der Waals surface area contributed by atoms with Gasteiger partial charge in [0.05, 0.1) is 17.5 Å². The number of phenolic OH excluding ortho intramolecular Hbond substituents is 1. The van der Waals surface area contributed by atoms with Crippen LogP contribution in [-0.4, -0.2) is 87.9 Å². The van der Waals surface area contributed by atoms with E-state index in [0.717, 1.165) is 25.9 Å². The summed E-state index contributed by atoms with van der Waals surface area (Å²) in [6.45, 7) is 1.94. The van der Waals surface area contributed by atoms with Gasteiger partial charge in [-0.25, -0.2) is 4.39 Å². The highest BCUT2D eigenvalue weighted by atomic mass is 19.1. The van der Waals surface area contributed by atoms with E-state index >= 15 is 4.39 Å². The summed E-state index contributed by atoms with van der Waals surface area (Å²) >= 11 is 0. The van der Waals surface area contributed by atoms with E-state index in [4.69, 9.17) is 5.73 Å². The number of halogens is 1. The first-order valence-corrected chi connectivity index (χ1v) is 13.9. The summed E-state index contributed by atoms with van der Waals surface area (Å²) in [5.74, 6) is -12.1. The molecule has 4 aliphatic carbocycles. The molecule has 4 N–H and O–H groups in total. The van der Waals surface area contributed by atoms with Gasteiger partial charge in [0.1, 0.15) is 11.6 Å². The van der Waals surface area contributed by atoms with Crippen LogP contribution in [0.25, 0.3) is 0 Å². The molecule has 1 saturated heterocycles. The van der Waals surface area contributed by atoms with Gasteiger partial charge in [0.25, 0.3) is 0 Å². The van der Waals surface area contributed by atoms with Crippen molar-refractivity contribution in [3.05, 3.63) is 28.6 Å². The molecule has 0 aromatic heterocycles. The molecule has 1 spiro atoms. The van der Waals surface area contributed by atoms with Crippen molar-refractivity contribution in [3.8, 4) is 5.75 Å². The quantitative estimate of drug-likeness (QED) is 0.447. The first-order valence-electron chi connectivity index (χ1n) is 13.9. The molecule has 40 heavy (non-hydrogen) atoms. The monoisotopic (exact) mass is 555 g/mol. The number of rotatable bonds is 4. The zero-order valence-corrected chi connectivity index (χ0v) is 22.6. The Labute approximate surface area is 230 Å². The molecule has 4 fully saturated rings. The summed E-state index contributed by atoms with van der Waals surface area (Å²) < 4.78 is 16.0. The maximum Gasteiger partial charge on any atom is 0.235 e. The van der Waals surface area contributed by atoms with E-state index in [-0.39, 0.29) is 36.1 Å². The number of hydrogen-bond acceptors (Lipinski definition) is 9. The van der Waals surface area contributed by atoms with Gasteiger partial charge in [0.15, 0.2) is 34.7 Å². The van der Waals surface area contributed by atoms with Gasteiger partial charge in [0, 0.05) is 23.6 Å². The number of hydrogen-bond donors (Lipinski definition) is 3. The Balaban J connectivity index is 1.36. The minimum atomic E-state index is -2.79. The number of primary amides is 1. The van der Waals surface area contributed by atoms with Crippen LogP contribution in [0.1, 0.15) is 53.6 Å². The lowest BCUT2D eigenvalue weighted by atomic mass is 9.52. The number of benzene rings is 1. The van der Waals surface area contributed by atoms with E-state index in [9.17, 15) is 34.2 Å². The minimum absolute atomic E-state index is 0.0139. The molecule has 0 bridgehead atoms. The van der Waals surface area contributed by atoms with Gasteiger partial charge in [-0.2, -0.15) is 0 Å². The number of fused-ring (bicyclic) bond motifs is 3. The molecule has 3 saturated carbocycles. The highest BCUT2D eigenvalue weighted by molar-refractivity contribution is 6.32. The zero-order valence-electron chi connectivity index (χ0n) is 22.6. The van der Waals surface area contributed by atoms with Crippen LogP contribution in [0, 0.1) is 34.9 Å². The lowest BCUT2D eigenvalue weighted by Crippen LogP contribution is -2.74. The average molecular weight is 556 g/mol. The van der Waals surface area contributed by atoms with Gasteiger partial charge < -0.3 is 15.9 Å². The van der Waals surface area contributed by atoms with Crippen molar-refractivity contribution in [3.63, 3.8) is 0 Å². The number of likely N-dealkylation sites (N-methyl/N-ethyl adjacent to an activating group) is 1. The Morgan fingerprint density at radius 1 is 1.12 bits per heavy atom. The van der Waals surface area contributed by atoms with Crippen molar-refractivity contribution in [2.75, 3.05) is 27.2 Å². The van der Waals surface area contributed by atoms with Gasteiger partial charge in [-0.3, -0.25) is 33.8 Å². The van der Waals surface area contributed by atoms with Gasteiger partial charge in [-0.1, -0.05) is 0 Å². The van der Waals surface area contributed by atoms with Crippen LogP contribution in [0.3, 0.4) is 0 Å². The summed E-state index contributed by atoms with van der Waals surface area (Å²) in [4.78, 5) is 69.6. The van der Waals surface area contributed by atoms with Gasteiger partial charge >= 0.3 is 0 Å². The third-order valence-corrected chi connectivity index (χ3v) is 10.3. The molecule has 1 amide bonds. The molecular formula is C29H34FN3O7. The number of aliphatic hydroxyl groups is 1. The number of nitrogens with zero attached hydrogens (tertiary/aromatic N) is 2. The smallest absolute Gasteiger partial charge is 0.235 e. The van der Waals surface area contributed by atoms with Crippen molar-refractivity contribution < 1.29 is 38.6 Å². The number of amides is 1. The van der Waals surface area contributed by atoms with Crippen molar-refractivity contribution in [2.45, 2.75) is 56.7 Å². The Morgan fingerprint density at radius 3 is 2.35 bits per heavy atom. The second kappa shape index (κ2) is 8.99. The van der Waals surface area contributed by atoms with Crippen LogP contribution < -0.4 is 5.73 Å². The predicted molar refractivity (Wildman–Crippen MR) is 137 cm³/mol. The van der Waals surface area contributed by atoms with Crippen molar-refractivity contribution in [2.24, 2.45) is 34.8 Å². The number of piperidine rings is 1. The lowest BCUT2D eigenvalue weighted by Gasteiger charge is -2.52. The fraction of sp³-hybridized carbons (Fsp3) is 0.621. The van der Waals surface area contributed by atoms with E-state index in [0.29, 0.717) is 5.41 Å². The second-order valence-corrected chi connectivity index (χ2v) is 12.8. The van der Waals surface area contributed by atoms with E-state index in [1.807, 2.05) is 0 Å². The summed E-state index contributed by atoms with van der Waals surface area (Å²) in [5, 5.41) is 22.5. The van der Waals surface area contributed by atoms with Gasteiger partial charge in [0.2, 0.25) is 5.91 Å². The van der Waals surface area contributed by atoms with Crippen LogP contribution in [0.4, 0.5) is 4.39 Å². The van der Waals surface area contributed by atoms with Crippen molar-refractivity contribution in [1.82, 2.24) is 9.80 Å². The summed E-state index contributed by atoms with van der Waals surface area (Å²) in [5.41, 5.74) is 2.95. The molecule has 214 valence electrons. The Hall–Kier alpha value is -3.02. The minimum Gasteiger partial charge on any atom is -0.507 e. The molecule has 1 aliphatic heterocycles. The first-order chi connectivity index (χ1) is 18.8.